The summed E-state index contributed by atoms with van der Waals surface area (Å²) >= 11 is 1.44. The van der Waals surface area contributed by atoms with E-state index in [-0.39, 0.29) is 0 Å². The predicted molar refractivity (Wildman–Crippen MR) is 76.8 cm³/mol. The Labute approximate surface area is 116 Å². The summed E-state index contributed by atoms with van der Waals surface area (Å²) in [7, 11) is 1.98. The molecule has 2 N–H and O–H groups in total. The Kier molecular flexibility index (Phi) is 3.14. The minimum absolute atomic E-state index is 0.341. The smallest absolute Gasteiger partial charge is 0.202 e. The van der Waals surface area contributed by atoms with Crippen LogP contribution in [0.2, 0.25) is 0 Å². The summed E-state index contributed by atoms with van der Waals surface area (Å²) in [5, 5.41) is 12.3. The van der Waals surface area contributed by atoms with Gasteiger partial charge in [-0.3, -0.25) is 4.68 Å². The molecule has 0 bridgehead atoms. The van der Waals surface area contributed by atoms with Crippen LogP contribution in [0.15, 0.2) is 0 Å². The Bertz CT molecular complexity index is 587. The molecule has 1 unspecified atom stereocenters. The van der Waals surface area contributed by atoms with Crippen LogP contribution in [0.3, 0.4) is 0 Å². The van der Waals surface area contributed by atoms with Gasteiger partial charge in [-0.15, -0.1) is 0 Å². The summed E-state index contributed by atoms with van der Waals surface area (Å²) in [5.74, 6) is 2.05. The van der Waals surface area contributed by atoms with Gasteiger partial charge < -0.3 is 10.6 Å². The Hall–Kier alpha value is -1.63. The molecule has 0 aromatic carbocycles. The number of rotatable bonds is 3. The first-order chi connectivity index (χ1) is 9.17. The van der Waals surface area contributed by atoms with E-state index >= 15 is 0 Å². The number of aromatic nitrogens is 4. The highest BCUT2D eigenvalue weighted by atomic mass is 32.1. The van der Waals surface area contributed by atoms with Gasteiger partial charge in [0.15, 0.2) is 0 Å². The molecule has 1 atom stereocenters. The molecule has 0 amide bonds. The average molecular weight is 278 g/mol. The molecule has 3 heterocycles. The molecule has 2 aromatic rings. The monoisotopic (exact) mass is 278 g/mol. The van der Waals surface area contributed by atoms with Crippen LogP contribution in [0.5, 0.6) is 0 Å². The maximum absolute atomic E-state index is 4.45. The quantitative estimate of drug-likeness (QED) is 0.892. The normalized spacial score (nSPS) is 17.9. The second kappa shape index (κ2) is 4.80. The van der Waals surface area contributed by atoms with E-state index in [4.69, 9.17) is 0 Å². The second-order valence-corrected chi connectivity index (χ2v) is 5.58. The molecular formula is C12H18N6S. The maximum Gasteiger partial charge on any atom is 0.202 e. The average Bonchev–Trinajstić information content (AvgIpc) is 2.96. The van der Waals surface area contributed by atoms with Crippen LogP contribution in [0.4, 0.5) is 10.9 Å². The lowest BCUT2D eigenvalue weighted by Gasteiger charge is -2.25. The summed E-state index contributed by atoms with van der Waals surface area (Å²) in [6.07, 6.45) is 1.86. The molecule has 0 radical (unpaired) electrons. The third-order valence-electron chi connectivity index (χ3n) is 3.42. The van der Waals surface area contributed by atoms with Crippen LogP contribution < -0.4 is 10.6 Å². The minimum Gasteiger partial charge on any atom is -0.368 e. The molecule has 1 aliphatic heterocycles. The number of fused-ring (bicyclic) bond motifs is 1. The van der Waals surface area contributed by atoms with Gasteiger partial charge in [0, 0.05) is 43.2 Å². The van der Waals surface area contributed by atoms with Gasteiger partial charge in [-0.05, 0) is 13.3 Å². The molecular weight excluding hydrogens is 260 g/mol. The van der Waals surface area contributed by atoms with Crippen LogP contribution in [0, 0.1) is 6.92 Å². The van der Waals surface area contributed by atoms with Gasteiger partial charge in [0.2, 0.25) is 5.13 Å². The van der Waals surface area contributed by atoms with Crippen molar-refractivity contribution in [3.05, 3.63) is 17.1 Å². The molecule has 0 fully saturated rings. The van der Waals surface area contributed by atoms with Gasteiger partial charge in [0.05, 0.1) is 5.69 Å². The van der Waals surface area contributed by atoms with Crippen LogP contribution in [0.1, 0.15) is 24.0 Å². The highest BCUT2D eigenvalue weighted by Gasteiger charge is 2.24. The highest BCUT2D eigenvalue weighted by molar-refractivity contribution is 7.09. The fraction of sp³-hybridized carbons (Fsp3) is 0.583. The van der Waals surface area contributed by atoms with Gasteiger partial charge in [-0.2, -0.15) is 9.47 Å². The molecule has 3 rings (SSSR count). The summed E-state index contributed by atoms with van der Waals surface area (Å²) in [6, 6.07) is 0.341. The lowest BCUT2D eigenvalue weighted by atomic mass is 10.0. The zero-order valence-corrected chi connectivity index (χ0v) is 12.2. The van der Waals surface area contributed by atoms with E-state index in [0.717, 1.165) is 41.9 Å². The molecule has 102 valence electrons. The van der Waals surface area contributed by atoms with Gasteiger partial charge in [-0.1, -0.05) is 6.92 Å². The first-order valence-corrected chi connectivity index (χ1v) is 7.30. The first-order valence-electron chi connectivity index (χ1n) is 6.52. The van der Waals surface area contributed by atoms with Gasteiger partial charge in [0.1, 0.15) is 11.6 Å². The predicted octanol–water partition coefficient (Wildman–Crippen LogP) is 1.59. The molecule has 19 heavy (non-hydrogen) atoms. The zero-order valence-electron chi connectivity index (χ0n) is 11.4. The molecule has 0 spiro atoms. The van der Waals surface area contributed by atoms with Crippen molar-refractivity contribution >= 4 is 22.5 Å². The maximum atomic E-state index is 4.45. The summed E-state index contributed by atoms with van der Waals surface area (Å²) in [4.78, 5) is 4.45. The van der Waals surface area contributed by atoms with E-state index in [2.05, 4.69) is 38.9 Å². The molecule has 6 nitrogen and oxygen atoms in total. The molecule has 7 heteroatoms. The number of hydrogen-bond donors (Lipinski definition) is 2. The van der Waals surface area contributed by atoms with Crippen LogP contribution in [-0.2, 0) is 19.9 Å². The first kappa shape index (κ1) is 12.4. The van der Waals surface area contributed by atoms with Crippen molar-refractivity contribution in [2.75, 3.05) is 17.2 Å². The van der Waals surface area contributed by atoms with Crippen molar-refractivity contribution in [1.82, 2.24) is 19.1 Å². The second-order valence-electron chi connectivity index (χ2n) is 4.83. The molecule has 2 aromatic heterocycles. The largest absolute Gasteiger partial charge is 0.368 e. The van der Waals surface area contributed by atoms with Crippen LogP contribution in [0.25, 0.3) is 0 Å². The Balaban J connectivity index is 1.73. The van der Waals surface area contributed by atoms with Crippen molar-refractivity contribution in [1.29, 1.82) is 0 Å². The Morgan fingerprint density at radius 2 is 2.37 bits per heavy atom. The minimum atomic E-state index is 0.341. The lowest BCUT2D eigenvalue weighted by molar-refractivity contribution is 0.700. The van der Waals surface area contributed by atoms with E-state index in [9.17, 15) is 0 Å². The van der Waals surface area contributed by atoms with Crippen molar-refractivity contribution in [3.63, 3.8) is 0 Å². The van der Waals surface area contributed by atoms with E-state index in [0.29, 0.717) is 6.04 Å². The lowest BCUT2D eigenvalue weighted by Crippen LogP contribution is -2.35. The summed E-state index contributed by atoms with van der Waals surface area (Å²) in [5.41, 5.74) is 2.40. The van der Waals surface area contributed by atoms with Crippen molar-refractivity contribution in [2.24, 2.45) is 7.05 Å². The Morgan fingerprint density at radius 3 is 3.11 bits per heavy atom. The number of nitrogens with zero attached hydrogens (tertiary/aromatic N) is 4. The van der Waals surface area contributed by atoms with Gasteiger partial charge in [0.25, 0.3) is 0 Å². The topological polar surface area (TPSA) is 67.7 Å². The fourth-order valence-corrected chi connectivity index (χ4v) is 3.17. The van der Waals surface area contributed by atoms with E-state index in [1.807, 2.05) is 11.7 Å². The molecule has 0 saturated heterocycles. The molecule has 0 saturated carbocycles. The van der Waals surface area contributed by atoms with Crippen molar-refractivity contribution in [3.8, 4) is 0 Å². The third-order valence-corrected chi connectivity index (χ3v) is 4.11. The van der Waals surface area contributed by atoms with Crippen molar-refractivity contribution in [2.45, 2.75) is 32.7 Å². The SMILES string of the molecule is CCc1nsc(NC2CNc3c(c(C)nn3C)C2)n1. The van der Waals surface area contributed by atoms with Crippen LogP contribution >= 0.6 is 11.5 Å². The third kappa shape index (κ3) is 2.30. The highest BCUT2D eigenvalue weighted by Crippen LogP contribution is 2.26. The summed E-state index contributed by atoms with van der Waals surface area (Å²) in [6.45, 7) is 5.01. The van der Waals surface area contributed by atoms with E-state index < -0.39 is 0 Å². The zero-order chi connectivity index (χ0) is 13.4. The Morgan fingerprint density at radius 1 is 1.53 bits per heavy atom. The molecule has 0 aliphatic carbocycles. The van der Waals surface area contributed by atoms with E-state index in [1.165, 1.54) is 17.1 Å². The standard InChI is InChI=1S/C12H18N6S/c1-4-10-15-12(19-17-10)14-8-5-9-7(2)16-18(3)11(9)13-6-8/h8,13H,4-6H2,1-3H3,(H,14,15,17). The van der Waals surface area contributed by atoms with Crippen molar-refractivity contribution < 1.29 is 0 Å². The van der Waals surface area contributed by atoms with Gasteiger partial charge >= 0.3 is 0 Å². The van der Waals surface area contributed by atoms with E-state index in [1.54, 1.807) is 0 Å². The molecule has 1 aliphatic rings. The number of aryl methyl sites for hydroxylation is 3. The fourth-order valence-electron chi connectivity index (χ4n) is 2.44. The number of hydrogen-bond acceptors (Lipinski definition) is 6. The van der Waals surface area contributed by atoms with Crippen LogP contribution in [-0.4, -0.2) is 31.7 Å². The number of nitrogens with one attached hydrogen (secondary N) is 2. The summed E-state index contributed by atoms with van der Waals surface area (Å²) < 4.78 is 6.22. The number of anilines is 2. The van der Waals surface area contributed by atoms with Gasteiger partial charge in [-0.25, -0.2) is 4.98 Å².